The molecule has 104 valence electrons. The minimum Gasteiger partial charge on any atom is -0.264 e. The average molecular weight is 336 g/mol. The van der Waals surface area contributed by atoms with E-state index in [1.165, 1.54) is 7.11 Å². The molecule has 2 aromatic carbocycles. The molecule has 0 heterocycles. The Morgan fingerprint density at radius 1 is 1.05 bits per heavy atom. The molecule has 0 radical (unpaired) electrons. The molecule has 2 rings (SSSR count). The number of benzene rings is 2. The Morgan fingerprint density at radius 2 is 1.60 bits per heavy atom. The standard InChI is InChI=1S/C15H14BrNO3/c1-19-17(15(18)13-10-6-3-7-11-13)20-14(16)12-8-4-2-5-9-12/h2-11,14H,1H3. The first-order chi connectivity index (χ1) is 9.72. The van der Waals surface area contributed by atoms with E-state index in [0.29, 0.717) is 5.56 Å². The molecule has 1 atom stereocenters. The van der Waals surface area contributed by atoms with Crippen LogP contribution in [0.2, 0.25) is 0 Å². The molecule has 20 heavy (non-hydrogen) atoms. The van der Waals surface area contributed by atoms with Gasteiger partial charge in [0.2, 0.25) is 0 Å². The fraction of sp³-hybridized carbons (Fsp3) is 0.133. The van der Waals surface area contributed by atoms with Gasteiger partial charge in [0.15, 0.2) is 5.01 Å². The maximum absolute atomic E-state index is 12.2. The maximum atomic E-state index is 12.2. The summed E-state index contributed by atoms with van der Waals surface area (Å²) >= 11 is 3.37. The molecule has 0 aliphatic heterocycles. The number of alkyl halides is 1. The molecular weight excluding hydrogens is 322 g/mol. The van der Waals surface area contributed by atoms with Gasteiger partial charge >= 0.3 is 5.91 Å². The first-order valence-corrected chi connectivity index (χ1v) is 6.93. The zero-order valence-electron chi connectivity index (χ0n) is 10.9. The van der Waals surface area contributed by atoms with Crippen LogP contribution in [0.1, 0.15) is 20.9 Å². The number of amides is 1. The zero-order valence-corrected chi connectivity index (χ0v) is 12.5. The Labute approximate surface area is 126 Å². The highest BCUT2D eigenvalue weighted by Crippen LogP contribution is 2.25. The average Bonchev–Trinajstić information content (AvgIpc) is 2.53. The Hall–Kier alpha value is -1.69. The second-order valence-corrected chi connectivity index (χ2v) is 4.77. The van der Waals surface area contributed by atoms with Gasteiger partial charge in [0.05, 0.1) is 7.11 Å². The van der Waals surface area contributed by atoms with Crippen LogP contribution in [0.5, 0.6) is 0 Å². The highest BCUT2D eigenvalue weighted by molar-refractivity contribution is 9.09. The van der Waals surface area contributed by atoms with Crippen molar-refractivity contribution >= 4 is 21.8 Å². The number of hydroxylamine groups is 2. The van der Waals surface area contributed by atoms with Crippen LogP contribution in [-0.2, 0) is 9.68 Å². The van der Waals surface area contributed by atoms with Gasteiger partial charge in [0, 0.05) is 5.56 Å². The molecule has 2 aromatic rings. The molecule has 0 N–H and O–H groups in total. The molecule has 0 aliphatic carbocycles. The van der Waals surface area contributed by atoms with Crippen LogP contribution in [-0.4, -0.2) is 18.2 Å². The fourth-order valence-corrected chi connectivity index (χ4v) is 2.07. The quantitative estimate of drug-likeness (QED) is 0.617. The summed E-state index contributed by atoms with van der Waals surface area (Å²) in [7, 11) is 1.38. The number of carbonyl (C=O) groups excluding carboxylic acids is 1. The Bertz CT molecular complexity index is 548. The number of hydrogen-bond acceptors (Lipinski definition) is 3. The number of halogens is 1. The number of hydrogen-bond donors (Lipinski definition) is 0. The second kappa shape index (κ2) is 7.19. The molecule has 1 amide bonds. The van der Waals surface area contributed by atoms with Gasteiger partial charge in [0.25, 0.3) is 0 Å². The zero-order chi connectivity index (χ0) is 14.4. The molecule has 0 fully saturated rings. The fourth-order valence-electron chi connectivity index (χ4n) is 1.61. The highest BCUT2D eigenvalue weighted by atomic mass is 79.9. The van der Waals surface area contributed by atoms with Crippen LogP contribution in [0, 0.1) is 0 Å². The van der Waals surface area contributed by atoms with Crippen LogP contribution in [0.15, 0.2) is 60.7 Å². The molecule has 4 nitrogen and oxygen atoms in total. The van der Waals surface area contributed by atoms with Crippen molar-refractivity contribution in [2.24, 2.45) is 0 Å². The normalized spacial score (nSPS) is 11.9. The number of carbonyl (C=O) groups is 1. The summed E-state index contributed by atoms with van der Waals surface area (Å²) in [6, 6.07) is 18.3. The minimum atomic E-state index is -0.476. The summed E-state index contributed by atoms with van der Waals surface area (Å²) in [6.45, 7) is 0. The summed E-state index contributed by atoms with van der Waals surface area (Å²) in [6.07, 6.45) is 0. The third-order valence-corrected chi connectivity index (χ3v) is 3.30. The molecule has 0 saturated carbocycles. The first kappa shape index (κ1) is 14.7. The lowest BCUT2D eigenvalue weighted by Crippen LogP contribution is -2.30. The Balaban J connectivity index is 2.08. The van der Waals surface area contributed by atoms with Crippen LogP contribution in [0.4, 0.5) is 0 Å². The topological polar surface area (TPSA) is 38.8 Å². The molecule has 0 aromatic heterocycles. The summed E-state index contributed by atoms with van der Waals surface area (Å²) in [5.74, 6) is -0.367. The molecule has 1 unspecified atom stereocenters. The maximum Gasteiger partial charge on any atom is 0.304 e. The van der Waals surface area contributed by atoms with Crippen LogP contribution in [0.25, 0.3) is 0 Å². The third kappa shape index (κ3) is 3.66. The van der Waals surface area contributed by atoms with E-state index in [2.05, 4.69) is 15.9 Å². The van der Waals surface area contributed by atoms with E-state index in [1.54, 1.807) is 24.3 Å². The van der Waals surface area contributed by atoms with Crippen molar-refractivity contribution in [1.29, 1.82) is 0 Å². The van der Waals surface area contributed by atoms with Crippen LogP contribution in [0.3, 0.4) is 0 Å². The van der Waals surface area contributed by atoms with E-state index in [4.69, 9.17) is 9.68 Å². The van der Waals surface area contributed by atoms with Gasteiger partial charge in [-0.3, -0.25) is 4.79 Å². The van der Waals surface area contributed by atoms with E-state index in [1.807, 2.05) is 36.4 Å². The lowest BCUT2D eigenvalue weighted by Gasteiger charge is -2.21. The molecule has 5 heteroatoms. The van der Waals surface area contributed by atoms with Crippen LogP contribution >= 0.6 is 15.9 Å². The first-order valence-electron chi connectivity index (χ1n) is 6.02. The van der Waals surface area contributed by atoms with Crippen LogP contribution < -0.4 is 0 Å². The van der Waals surface area contributed by atoms with Gasteiger partial charge in [-0.25, -0.2) is 9.68 Å². The summed E-state index contributed by atoms with van der Waals surface area (Å²) in [5, 5.41) is 0.387. The lowest BCUT2D eigenvalue weighted by atomic mass is 10.2. The monoisotopic (exact) mass is 335 g/mol. The van der Waals surface area contributed by atoms with Crippen molar-refractivity contribution in [1.82, 2.24) is 5.23 Å². The molecule has 0 spiro atoms. The van der Waals surface area contributed by atoms with Crippen molar-refractivity contribution in [3.05, 3.63) is 71.8 Å². The van der Waals surface area contributed by atoms with E-state index >= 15 is 0 Å². The van der Waals surface area contributed by atoms with Crippen molar-refractivity contribution in [2.75, 3.05) is 7.11 Å². The predicted molar refractivity (Wildman–Crippen MR) is 78.8 cm³/mol. The Morgan fingerprint density at radius 3 is 2.15 bits per heavy atom. The smallest absolute Gasteiger partial charge is 0.264 e. The van der Waals surface area contributed by atoms with Crippen molar-refractivity contribution in [2.45, 2.75) is 5.01 Å². The van der Waals surface area contributed by atoms with Gasteiger partial charge in [-0.15, -0.1) is 0 Å². The van der Waals surface area contributed by atoms with Gasteiger partial charge in [-0.05, 0) is 33.6 Å². The summed E-state index contributed by atoms with van der Waals surface area (Å²) < 4.78 is 0. The van der Waals surface area contributed by atoms with E-state index in [0.717, 1.165) is 10.8 Å². The second-order valence-electron chi connectivity index (χ2n) is 3.94. The van der Waals surface area contributed by atoms with E-state index in [9.17, 15) is 4.79 Å². The molecule has 0 aliphatic rings. The highest BCUT2D eigenvalue weighted by Gasteiger charge is 2.21. The van der Waals surface area contributed by atoms with Gasteiger partial charge in [0.1, 0.15) is 0 Å². The van der Waals surface area contributed by atoms with Crippen molar-refractivity contribution in [3.8, 4) is 0 Å². The summed E-state index contributed by atoms with van der Waals surface area (Å²) in [4.78, 5) is 22.7. The predicted octanol–water partition coefficient (Wildman–Crippen LogP) is 3.72. The SMILES string of the molecule is CON(OC(Br)c1ccccc1)C(=O)c1ccccc1. The number of nitrogens with zero attached hydrogens (tertiary/aromatic N) is 1. The minimum absolute atomic E-state index is 0.367. The van der Waals surface area contributed by atoms with E-state index < -0.39 is 5.01 Å². The van der Waals surface area contributed by atoms with Gasteiger partial charge in [-0.2, -0.15) is 0 Å². The third-order valence-electron chi connectivity index (χ3n) is 2.60. The van der Waals surface area contributed by atoms with Crippen molar-refractivity contribution in [3.63, 3.8) is 0 Å². The summed E-state index contributed by atoms with van der Waals surface area (Å²) in [5.41, 5.74) is 1.37. The Kier molecular flexibility index (Phi) is 5.29. The lowest BCUT2D eigenvalue weighted by molar-refractivity contribution is -0.321. The molecule has 0 saturated heterocycles. The number of rotatable bonds is 5. The van der Waals surface area contributed by atoms with Gasteiger partial charge in [-0.1, -0.05) is 53.8 Å². The van der Waals surface area contributed by atoms with E-state index in [-0.39, 0.29) is 5.91 Å². The van der Waals surface area contributed by atoms with Gasteiger partial charge < -0.3 is 0 Å². The van der Waals surface area contributed by atoms with Crippen molar-refractivity contribution < 1.29 is 14.5 Å². The largest absolute Gasteiger partial charge is 0.304 e. The molecular formula is C15H14BrNO3. The molecule has 0 bridgehead atoms.